The van der Waals surface area contributed by atoms with Crippen LogP contribution in [0.5, 0.6) is 5.75 Å². The Bertz CT molecular complexity index is 456. The first-order valence-corrected chi connectivity index (χ1v) is 7.03. The Morgan fingerprint density at radius 1 is 1.30 bits per heavy atom. The summed E-state index contributed by atoms with van der Waals surface area (Å²) in [5.74, 6) is 0.610. The maximum atomic E-state index is 11.9. The molecule has 110 valence electrons. The largest absolute Gasteiger partial charge is 0.495 e. The highest BCUT2D eigenvalue weighted by Gasteiger charge is 2.29. The number of anilines is 1. The number of amides is 2. The summed E-state index contributed by atoms with van der Waals surface area (Å²) in [5.41, 5.74) is -0.140. The Balaban J connectivity index is 1.86. The number of hydrogen-bond donors (Lipinski definition) is 3. The minimum Gasteiger partial charge on any atom is -0.495 e. The Morgan fingerprint density at radius 2 is 2.00 bits per heavy atom. The molecule has 2 rings (SSSR count). The van der Waals surface area contributed by atoms with E-state index in [-0.39, 0.29) is 12.6 Å². The fraction of sp³-hybridized carbons (Fsp3) is 0.533. The van der Waals surface area contributed by atoms with Gasteiger partial charge >= 0.3 is 6.03 Å². The second kappa shape index (κ2) is 6.61. The number of benzene rings is 1. The van der Waals surface area contributed by atoms with E-state index in [0.717, 1.165) is 32.1 Å². The lowest BCUT2D eigenvalue weighted by molar-refractivity contribution is 0.00755. The Kier molecular flexibility index (Phi) is 4.84. The fourth-order valence-corrected chi connectivity index (χ4v) is 2.55. The van der Waals surface area contributed by atoms with E-state index in [1.165, 1.54) is 0 Å². The van der Waals surface area contributed by atoms with Crippen molar-refractivity contribution < 1.29 is 14.6 Å². The van der Waals surface area contributed by atoms with Gasteiger partial charge in [0.2, 0.25) is 0 Å². The SMILES string of the molecule is COc1ccccc1NC(=O)NCC1(O)CCCCC1. The molecule has 0 saturated heterocycles. The molecule has 0 bridgehead atoms. The Morgan fingerprint density at radius 3 is 2.70 bits per heavy atom. The Hall–Kier alpha value is -1.75. The second-order valence-electron chi connectivity index (χ2n) is 5.29. The van der Waals surface area contributed by atoms with Gasteiger partial charge in [0, 0.05) is 6.54 Å². The fourth-order valence-electron chi connectivity index (χ4n) is 2.55. The molecule has 0 heterocycles. The van der Waals surface area contributed by atoms with Gasteiger partial charge in [0.05, 0.1) is 18.4 Å². The summed E-state index contributed by atoms with van der Waals surface area (Å²) in [7, 11) is 1.56. The maximum absolute atomic E-state index is 11.9. The molecule has 0 aromatic heterocycles. The highest BCUT2D eigenvalue weighted by Crippen LogP contribution is 2.27. The molecule has 0 radical (unpaired) electrons. The summed E-state index contributed by atoms with van der Waals surface area (Å²) < 4.78 is 5.17. The molecule has 1 aromatic rings. The van der Waals surface area contributed by atoms with Crippen LogP contribution in [0.25, 0.3) is 0 Å². The summed E-state index contributed by atoms with van der Waals surface area (Å²) in [5, 5.41) is 15.8. The highest BCUT2D eigenvalue weighted by atomic mass is 16.5. The van der Waals surface area contributed by atoms with Gasteiger partial charge in [-0.1, -0.05) is 31.4 Å². The maximum Gasteiger partial charge on any atom is 0.319 e. The van der Waals surface area contributed by atoms with E-state index in [1.807, 2.05) is 12.1 Å². The molecule has 0 unspecified atom stereocenters. The predicted octanol–water partition coefficient (Wildman–Crippen LogP) is 2.51. The van der Waals surface area contributed by atoms with Crippen LogP contribution in [0.3, 0.4) is 0 Å². The van der Waals surface area contributed by atoms with Crippen molar-refractivity contribution in [2.45, 2.75) is 37.7 Å². The third-order valence-corrected chi connectivity index (χ3v) is 3.72. The van der Waals surface area contributed by atoms with E-state index < -0.39 is 5.60 Å². The van der Waals surface area contributed by atoms with Crippen LogP contribution in [-0.4, -0.2) is 30.4 Å². The Labute approximate surface area is 119 Å². The smallest absolute Gasteiger partial charge is 0.319 e. The van der Waals surface area contributed by atoms with Gasteiger partial charge in [-0.05, 0) is 25.0 Å². The van der Waals surface area contributed by atoms with Crippen LogP contribution in [0, 0.1) is 0 Å². The zero-order chi connectivity index (χ0) is 14.4. The number of ether oxygens (including phenoxy) is 1. The third kappa shape index (κ3) is 3.87. The van der Waals surface area contributed by atoms with Crippen molar-refractivity contribution in [2.75, 3.05) is 19.0 Å². The van der Waals surface area contributed by atoms with Crippen molar-refractivity contribution in [2.24, 2.45) is 0 Å². The van der Waals surface area contributed by atoms with E-state index in [2.05, 4.69) is 10.6 Å². The average Bonchev–Trinajstić information content (AvgIpc) is 2.47. The summed E-state index contributed by atoms with van der Waals surface area (Å²) in [6.45, 7) is 0.286. The second-order valence-corrected chi connectivity index (χ2v) is 5.29. The highest BCUT2D eigenvalue weighted by molar-refractivity contribution is 5.90. The van der Waals surface area contributed by atoms with E-state index in [9.17, 15) is 9.90 Å². The van der Waals surface area contributed by atoms with Crippen LogP contribution in [0.2, 0.25) is 0 Å². The van der Waals surface area contributed by atoms with Crippen molar-refractivity contribution in [3.05, 3.63) is 24.3 Å². The van der Waals surface area contributed by atoms with Gasteiger partial charge in [0.15, 0.2) is 0 Å². The first-order chi connectivity index (χ1) is 9.63. The molecule has 5 heteroatoms. The van der Waals surface area contributed by atoms with Crippen LogP contribution >= 0.6 is 0 Å². The van der Waals surface area contributed by atoms with Gasteiger partial charge in [-0.3, -0.25) is 0 Å². The molecule has 3 N–H and O–H groups in total. The summed E-state index contributed by atoms with van der Waals surface area (Å²) >= 11 is 0. The predicted molar refractivity (Wildman–Crippen MR) is 78.1 cm³/mol. The molecule has 1 aliphatic carbocycles. The minimum atomic E-state index is -0.754. The van der Waals surface area contributed by atoms with Crippen molar-refractivity contribution in [3.63, 3.8) is 0 Å². The van der Waals surface area contributed by atoms with Gasteiger partial charge < -0.3 is 20.5 Å². The van der Waals surface area contributed by atoms with Crippen LogP contribution in [-0.2, 0) is 0 Å². The van der Waals surface area contributed by atoms with Crippen molar-refractivity contribution in [3.8, 4) is 5.75 Å². The molecule has 2 amide bonds. The van der Waals surface area contributed by atoms with E-state index in [1.54, 1.807) is 19.2 Å². The van der Waals surface area contributed by atoms with E-state index >= 15 is 0 Å². The number of aliphatic hydroxyl groups is 1. The molecule has 1 fully saturated rings. The normalized spacial score (nSPS) is 17.3. The van der Waals surface area contributed by atoms with Gasteiger partial charge in [-0.25, -0.2) is 4.79 Å². The van der Waals surface area contributed by atoms with Gasteiger partial charge in [-0.2, -0.15) is 0 Å². The molecule has 20 heavy (non-hydrogen) atoms. The lowest BCUT2D eigenvalue weighted by Crippen LogP contribution is -2.45. The molecule has 5 nitrogen and oxygen atoms in total. The van der Waals surface area contributed by atoms with Gasteiger partial charge in [0.25, 0.3) is 0 Å². The molecule has 1 saturated carbocycles. The van der Waals surface area contributed by atoms with Crippen LogP contribution < -0.4 is 15.4 Å². The number of methoxy groups -OCH3 is 1. The number of nitrogens with one attached hydrogen (secondary N) is 2. The quantitative estimate of drug-likeness (QED) is 0.792. The number of carbonyl (C=O) groups is 1. The number of hydrogen-bond acceptors (Lipinski definition) is 3. The number of para-hydroxylation sites is 2. The van der Waals surface area contributed by atoms with Crippen molar-refractivity contribution >= 4 is 11.7 Å². The molecule has 1 aliphatic rings. The number of carbonyl (C=O) groups excluding carboxylic acids is 1. The minimum absolute atomic E-state index is 0.286. The summed E-state index contributed by atoms with van der Waals surface area (Å²) in [6.07, 6.45) is 4.71. The van der Waals surface area contributed by atoms with E-state index in [0.29, 0.717) is 11.4 Å². The van der Waals surface area contributed by atoms with Crippen molar-refractivity contribution in [1.82, 2.24) is 5.32 Å². The third-order valence-electron chi connectivity index (χ3n) is 3.72. The van der Waals surface area contributed by atoms with Crippen LogP contribution in [0.4, 0.5) is 10.5 Å². The first-order valence-electron chi connectivity index (χ1n) is 7.03. The van der Waals surface area contributed by atoms with Crippen LogP contribution in [0.15, 0.2) is 24.3 Å². The zero-order valence-corrected chi connectivity index (χ0v) is 11.8. The first kappa shape index (κ1) is 14.7. The lowest BCUT2D eigenvalue weighted by atomic mass is 9.85. The van der Waals surface area contributed by atoms with Gasteiger partial charge in [-0.15, -0.1) is 0 Å². The molecule has 0 aliphatic heterocycles. The topological polar surface area (TPSA) is 70.6 Å². The zero-order valence-electron chi connectivity index (χ0n) is 11.8. The molecule has 0 spiro atoms. The monoisotopic (exact) mass is 278 g/mol. The molecular formula is C15H22N2O3. The molecule has 1 aromatic carbocycles. The number of urea groups is 1. The van der Waals surface area contributed by atoms with Gasteiger partial charge in [0.1, 0.15) is 5.75 Å². The molecular weight excluding hydrogens is 256 g/mol. The van der Waals surface area contributed by atoms with Crippen LogP contribution in [0.1, 0.15) is 32.1 Å². The average molecular weight is 278 g/mol. The number of rotatable bonds is 4. The summed E-state index contributed by atoms with van der Waals surface area (Å²) in [4.78, 5) is 11.9. The molecule has 0 atom stereocenters. The van der Waals surface area contributed by atoms with Crippen molar-refractivity contribution in [1.29, 1.82) is 0 Å². The lowest BCUT2D eigenvalue weighted by Gasteiger charge is -2.32. The summed E-state index contributed by atoms with van der Waals surface area (Å²) in [6, 6.07) is 6.89. The standard InChI is InChI=1S/C15H22N2O3/c1-20-13-8-4-3-7-12(13)17-14(18)16-11-15(19)9-5-2-6-10-15/h3-4,7-8,19H,2,5-6,9-11H2,1H3,(H2,16,17,18). The van der Waals surface area contributed by atoms with E-state index in [4.69, 9.17) is 4.74 Å².